The second-order valence-electron chi connectivity index (χ2n) is 6.00. The number of amides is 1. The fraction of sp³-hybridized carbons (Fsp3) is 0.381. The number of carbonyl (C=O) groups excluding carboxylic acids is 1. The van der Waals surface area contributed by atoms with Gasteiger partial charge in [-0.3, -0.25) is 4.79 Å². The smallest absolute Gasteiger partial charge is 0.224 e. The Morgan fingerprint density at radius 3 is 2.31 bits per heavy atom. The molecule has 5 heteroatoms. The van der Waals surface area contributed by atoms with Crippen LogP contribution >= 0.6 is 0 Å². The summed E-state index contributed by atoms with van der Waals surface area (Å²) < 4.78 is 16.2. The molecule has 0 aliphatic rings. The number of hydrogen-bond acceptors (Lipinski definition) is 4. The summed E-state index contributed by atoms with van der Waals surface area (Å²) in [6, 6.07) is 9.79. The lowest BCUT2D eigenvalue weighted by Gasteiger charge is -2.16. The molecule has 26 heavy (non-hydrogen) atoms. The fourth-order valence-corrected chi connectivity index (χ4v) is 3.01. The van der Waals surface area contributed by atoms with Crippen LogP contribution in [-0.2, 0) is 17.6 Å². The highest BCUT2D eigenvalue weighted by atomic mass is 16.5. The highest BCUT2D eigenvalue weighted by Crippen LogP contribution is 2.40. The number of benzene rings is 2. The van der Waals surface area contributed by atoms with Gasteiger partial charge in [0, 0.05) is 12.1 Å². The minimum atomic E-state index is -0.0224. The first-order valence-corrected chi connectivity index (χ1v) is 8.71. The average Bonchev–Trinajstić information content (AvgIpc) is 2.66. The van der Waals surface area contributed by atoms with Crippen molar-refractivity contribution in [1.82, 2.24) is 0 Å². The summed E-state index contributed by atoms with van der Waals surface area (Å²) in [6.45, 7) is 4.09. The number of rotatable bonds is 8. The van der Waals surface area contributed by atoms with Crippen molar-refractivity contribution in [2.75, 3.05) is 26.6 Å². The molecule has 0 spiro atoms. The average molecular weight is 357 g/mol. The van der Waals surface area contributed by atoms with E-state index < -0.39 is 0 Å². The van der Waals surface area contributed by atoms with Crippen LogP contribution in [-0.4, -0.2) is 27.2 Å². The van der Waals surface area contributed by atoms with E-state index in [1.165, 1.54) is 0 Å². The molecule has 0 radical (unpaired) electrons. The van der Waals surface area contributed by atoms with Crippen LogP contribution in [0.2, 0.25) is 0 Å². The van der Waals surface area contributed by atoms with Gasteiger partial charge in [0.15, 0.2) is 11.5 Å². The largest absolute Gasteiger partial charge is 0.493 e. The zero-order valence-corrected chi connectivity index (χ0v) is 16.1. The summed E-state index contributed by atoms with van der Waals surface area (Å²) in [7, 11) is 4.74. The lowest BCUT2D eigenvalue weighted by atomic mass is 10.0. The first-order valence-electron chi connectivity index (χ1n) is 8.71. The van der Waals surface area contributed by atoms with E-state index in [9.17, 15) is 4.79 Å². The number of carbonyl (C=O) groups is 1. The number of nitrogens with one attached hydrogen (secondary N) is 1. The summed E-state index contributed by atoms with van der Waals surface area (Å²) in [4.78, 5) is 12.5. The van der Waals surface area contributed by atoms with Crippen LogP contribution in [0, 0.1) is 6.92 Å². The Hall–Kier alpha value is -2.69. The van der Waals surface area contributed by atoms with Crippen LogP contribution in [0.3, 0.4) is 0 Å². The van der Waals surface area contributed by atoms with Crippen LogP contribution in [0.4, 0.5) is 5.69 Å². The van der Waals surface area contributed by atoms with Crippen molar-refractivity contribution in [1.29, 1.82) is 0 Å². The number of methoxy groups -OCH3 is 3. The van der Waals surface area contributed by atoms with E-state index in [1.807, 2.05) is 37.3 Å². The molecule has 0 bridgehead atoms. The van der Waals surface area contributed by atoms with E-state index in [1.54, 1.807) is 21.3 Å². The van der Waals surface area contributed by atoms with Crippen LogP contribution in [0.15, 0.2) is 30.3 Å². The van der Waals surface area contributed by atoms with Gasteiger partial charge in [0.25, 0.3) is 0 Å². The predicted octanol–water partition coefficient (Wildman–Crippen LogP) is 4.15. The minimum Gasteiger partial charge on any atom is -0.493 e. The van der Waals surface area contributed by atoms with Crippen molar-refractivity contribution in [3.8, 4) is 17.2 Å². The van der Waals surface area contributed by atoms with Crippen molar-refractivity contribution in [3.05, 3.63) is 47.0 Å². The molecule has 5 nitrogen and oxygen atoms in total. The Labute approximate surface area is 155 Å². The lowest BCUT2D eigenvalue weighted by molar-refractivity contribution is -0.116. The second kappa shape index (κ2) is 9.13. The van der Waals surface area contributed by atoms with E-state index in [2.05, 4.69) is 12.2 Å². The Balaban J connectivity index is 2.13. The van der Waals surface area contributed by atoms with Crippen molar-refractivity contribution < 1.29 is 19.0 Å². The van der Waals surface area contributed by atoms with Gasteiger partial charge in [0.05, 0.1) is 21.3 Å². The summed E-state index contributed by atoms with van der Waals surface area (Å²) in [5.74, 6) is 1.72. The van der Waals surface area contributed by atoms with Gasteiger partial charge in [0.1, 0.15) is 0 Å². The Bertz CT molecular complexity index is 771. The standard InChI is InChI=1S/C21H27NO4/c1-6-15-9-7-8-14(2)19(15)22-18(23)13-11-16-10-12-17(24-3)21(26-5)20(16)25-4/h7-10,12H,6,11,13H2,1-5H3,(H,22,23). The van der Waals surface area contributed by atoms with Crippen LogP contribution in [0.25, 0.3) is 0 Å². The third-order valence-corrected chi connectivity index (χ3v) is 4.41. The van der Waals surface area contributed by atoms with Gasteiger partial charge in [-0.2, -0.15) is 0 Å². The molecule has 0 saturated carbocycles. The second-order valence-corrected chi connectivity index (χ2v) is 6.00. The van der Waals surface area contributed by atoms with Crippen LogP contribution in [0.1, 0.15) is 30.0 Å². The third kappa shape index (κ3) is 4.28. The molecule has 1 N–H and O–H groups in total. The molecule has 0 fully saturated rings. The molecule has 140 valence electrons. The first kappa shape index (κ1) is 19.6. The highest BCUT2D eigenvalue weighted by molar-refractivity contribution is 5.92. The first-order chi connectivity index (χ1) is 12.5. The number of para-hydroxylation sites is 1. The van der Waals surface area contributed by atoms with E-state index >= 15 is 0 Å². The molecule has 1 amide bonds. The summed E-state index contributed by atoms with van der Waals surface area (Å²) >= 11 is 0. The zero-order chi connectivity index (χ0) is 19.1. The van der Waals surface area contributed by atoms with E-state index in [0.717, 1.165) is 28.8 Å². The fourth-order valence-electron chi connectivity index (χ4n) is 3.01. The number of hydrogen-bond donors (Lipinski definition) is 1. The quantitative estimate of drug-likeness (QED) is 0.771. The number of anilines is 1. The molecule has 0 atom stereocenters. The van der Waals surface area contributed by atoms with Crippen molar-refractivity contribution in [2.24, 2.45) is 0 Å². The maximum Gasteiger partial charge on any atom is 0.224 e. The van der Waals surface area contributed by atoms with E-state index in [0.29, 0.717) is 30.1 Å². The molecule has 0 unspecified atom stereocenters. The molecule has 2 aromatic carbocycles. The van der Waals surface area contributed by atoms with Gasteiger partial charge < -0.3 is 19.5 Å². The Morgan fingerprint density at radius 1 is 0.962 bits per heavy atom. The van der Waals surface area contributed by atoms with E-state index in [4.69, 9.17) is 14.2 Å². The Morgan fingerprint density at radius 2 is 1.69 bits per heavy atom. The van der Waals surface area contributed by atoms with Crippen LogP contribution < -0.4 is 19.5 Å². The number of aryl methyl sites for hydroxylation is 3. The molecule has 0 aromatic heterocycles. The van der Waals surface area contributed by atoms with E-state index in [-0.39, 0.29) is 5.91 Å². The minimum absolute atomic E-state index is 0.0224. The highest BCUT2D eigenvalue weighted by Gasteiger charge is 2.17. The third-order valence-electron chi connectivity index (χ3n) is 4.41. The van der Waals surface area contributed by atoms with Gasteiger partial charge in [-0.1, -0.05) is 31.2 Å². The monoisotopic (exact) mass is 357 g/mol. The summed E-state index contributed by atoms with van der Waals surface area (Å²) in [5.41, 5.74) is 4.03. The molecule has 0 saturated heterocycles. The topological polar surface area (TPSA) is 56.8 Å². The lowest BCUT2D eigenvalue weighted by Crippen LogP contribution is -2.15. The van der Waals surface area contributed by atoms with Crippen molar-refractivity contribution >= 4 is 11.6 Å². The summed E-state index contributed by atoms with van der Waals surface area (Å²) in [5, 5.41) is 3.05. The molecular weight excluding hydrogens is 330 g/mol. The van der Waals surface area contributed by atoms with Gasteiger partial charge in [-0.25, -0.2) is 0 Å². The zero-order valence-electron chi connectivity index (χ0n) is 16.1. The van der Waals surface area contributed by atoms with Gasteiger partial charge in [0.2, 0.25) is 11.7 Å². The molecule has 0 aliphatic heterocycles. The van der Waals surface area contributed by atoms with Gasteiger partial charge in [-0.15, -0.1) is 0 Å². The molecule has 2 rings (SSSR count). The number of ether oxygens (including phenoxy) is 3. The van der Waals surface area contributed by atoms with Crippen molar-refractivity contribution in [2.45, 2.75) is 33.1 Å². The van der Waals surface area contributed by atoms with Gasteiger partial charge >= 0.3 is 0 Å². The SMILES string of the molecule is CCc1cccc(C)c1NC(=O)CCc1ccc(OC)c(OC)c1OC. The maximum atomic E-state index is 12.5. The van der Waals surface area contributed by atoms with Crippen LogP contribution in [0.5, 0.6) is 17.2 Å². The Kier molecular flexibility index (Phi) is 6.89. The molecule has 0 heterocycles. The maximum absolute atomic E-state index is 12.5. The van der Waals surface area contributed by atoms with Crippen molar-refractivity contribution in [3.63, 3.8) is 0 Å². The normalized spacial score (nSPS) is 10.3. The molecule has 2 aromatic rings. The van der Waals surface area contributed by atoms with Gasteiger partial charge in [-0.05, 0) is 42.5 Å². The molecular formula is C21H27NO4. The summed E-state index contributed by atoms with van der Waals surface area (Å²) in [6.07, 6.45) is 1.77. The predicted molar refractivity (Wildman–Crippen MR) is 104 cm³/mol. The molecule has 0 aliphatic carbocycles.